The Morgan fingerprint density at radius 2 is 1.29 bits per heavy atom. The van der Waals surface area contributed by atoms with Crippen molar-refractivity contribution in [2.24, 2.45) is 0 Å². The third-order valence-corrected chi connectivity index (χ3v) is 1.69. The summed E-state index contributed by atoms with van der Waals surface area (Å²) in [6.45, 7) is 12.3. The zero-order valence-electron chi connectivity index (χ0n) is 9.43. The minimum Gasteiger partial charge on any atom is -0.299 e. The van der Waals surface area contributed by atoms with Crippen LogP contribution in [0.3, 0.4) is 0 Å². The fourth-order valence-corrected chi connectivity index (χ4v) is 1.33. The summed E-state index contributed by atoms with van der Waals surface area (Å²) in [6.07, 6.45) is 0. The molecule has 0 spiro atoms. The summed E-state index contributed by atoms with van der Waals surface area (Å²) in [7, 11) is -4.67. The van der Waals surface area contributed by atoms with Gasteiger partial charge in [-0.3, -0.25) is 14.0 Å². The van der Waals surface area contributed by atoms with E-state index in [2.05, 4.69) is 39.5 Å². The predicted molar refractivity (Wildman–Crippen MR) is 56.8 cm³/mol. The van der Waals surface area contributed by atoms with Crippen LogP contribution in [-0.4, -0.2) is 41.1 Å². The van der Waals surface area contributed by atoms with Gasteiger partial charge in [-0.1, -0.05) is 6.92 Å². The van der Waals surface area contributed by atoms with Gasteiger partial charge in [0.05, 0.1) is 0 Å². The largest absolute Gasteiger partial charge is 0.394 e. The summed E-state index contributed by atoms with van der Waals surface area (Å²) in [5.74, 6) is 0. The van der Waals surface area contributed by atoms with E-state index in [1.54, 1.807) is 0 Å². The van der Waals surface area contributed by atoms with Crippen LogP contribution >= 0.6 is 0 Å². The third-order valence-electron chi connectivity index (χ3n) is 1.69. The first-order valence-corrected chi connectivity index (χ1v) is 5.94. The smallest absolute Gasteiger partial charge is 0.299 e. The Balaban J connectivity index is 0. The fraction of sp³-hybridized carbons (Fsp3) is 1.00. The van der Waals surface area contributed by atoms with Crippen LogP contribution in [0.4, 0.5) is 0 Å². The maximum Gasteiger partial charge on any atom is 0.394 e. The van der Waals surface area contributed by atoms with Crippen molar-refractivity contribution in [1.82, 2.24) is 4.90 Å². The van der Waals surface area contributed by atoms with Crippen molar-refractivity contribution in [3.63, 3.8) is 0 Å². The molecule has 0 aliphatic carbocycles. The molecule has 0 fully saturated rings. The van der Waals surface area contributed by atoms with Crippen LogP contribution < -0.4 is 0 Å². The van der Waals surface area contributed by atoms with Gasteiger partial charge in [0.25, 0.3) is 0 Å². The average molecular weight is 227 g/mol. The zero-order chi connectivity index (χ0) is 11.9. The van der Waals surface area contributed by atoms with E-state index in [4.69, 9.17) is 17.5 Å². The van der Waals surface area contributed by atoms with Gasteiger partial charge in [0.2, 0.25) is 0 Å². The van der Waals surface area contributed by atoms with Gasteiger partial charge in [-0.2, -0.15) is 8.42 Å². The molecule has 0 amide bonds. The second-order valence-electron chi connectivity index (χ2n) is 3.47. The van der Waals surface area contributed by atoms with Crippen LogP contribution in [0.25, 0.3) is 0 Å². The van der Waals surface area contributed by atoms with E-state index in [1.807, 2.05) is 0 Å². The standard InChI is InChI=1S/C8H19N.H2O4S/c1-6-9(7(2)3)8(4)5;1-5(2,3)4/h7-8H,6H2,1-5H3;(H2,1,2,3,4). The van der Waals surface area contributed by atoms with Crippen molar-refractivity contribution in [2.75, 3.05) is 6.54 Å². The second-order valence-corrected chi connectivity index (χ2v) is 4.36. The average Bonchev–Trinajstić information content (AvgIpc) is 1.81. The van der Waals surface area contributed by atoms with Crippen LogP contribution in [0.2, 0.25) is 0 Å². The first-order chi connectivity index (χ1) is 6.09. The maximum atomic E-state index is 8.74. The zero-order valence-corrected chi connectivity index (χ0v) is 10.2. The Morgan fingerprint density at radius 1 is 1.07 bits per heavy atom. The second kappa shape index (κ2) is 7.17. The van der Waals surface area contributed by atoms with Gasteiger partial charge in [-0.25, -0.2) is 0 Å². The van der Waals surface area contributed by atoms with E-state index in [1.165, 1.54) is 0 Å². The first-order valence-electron chi connectivity index (χ1n) is 4.55. The molecule has 0 aliphatic rings. The van der Waals surface area contributed by atoms with Gasteiger partial charge in [-0.05, 0) is 34.2 Å². The van der Waals surface area contributed by atoms with Crippen LogP contribution in [0, 0.1) is 0 Å². The summed E-state index contributed by atoms with van der Waals surface area (Å²) in [5, 5.41) is 0. The van der Waals surface area contributed by atoms with Crippen molar-refractivity contribution in [3.05, 3.63) is 0 Å². The third kappa shape index (κ3) is 14.4. The molecule has 0 saturated carbocycles. The topological polar surface area (TPSA) is 77.8 Å². The van der Waals surface area contributed by atoms with Crippen molar-refractivity contribution in [1.29, 1.82) is 0 Å². The highest BCUT2D eigenvalue weighted by atomic mass is 32.3. The van der Waals surface area contributed by atoms with Crippen molar-refractivity contribution in [2.45, 2.75) is 46.7 Å². The SMILES string of the molecule is CCN(C(C)C)C(C)C.O=S(=O)(O)O. The summed E-state index contributed by atoms with van der Waals surface area (Å²) in [6, 6.07) is 1.38. The quantitative estimate of drug-likeness (QED) is 0.714. The van der Waals surface area contributed by atoms with Crippen molar-refractivity contribution < 1.29 is 17.5 Å². The molecule has 0 bridgehead atoms. The van der Waals surface area contributed by atoms with Crippen LogP contribution in [0.1, 0.15) is 34.6 Å². The molecule has 2 N–H and O–H groups in total. The van der Waals surface area contributed by atoms with E-state index >= 15 is 0 Å². The summed E-state index contributed by atoms with van der Waals surface area (Å²) in [5.41, 5.74) is 0. The van der Waals surface area contributed by atoms with Gasteiger partial charge >= 0.3 is 10.4 Å². The van der Waals surface area contributed by atoms with E-state index in [0.29, 0.717) is 12.1 Å². The van der Waals surface area contributed by atoms with E-state index in [0.717, 1.165) is 6.54 Å². The lowest BCUT2D eigenvalue weighted by atomic mass is 10.2. The van der Waals surface area contributed by atoms with E-state index in [9.17, 15) is 0 Å². The Hall–Kier alpha value is -0.170. The fourth-order valence-electron chi connectivity index (χ4n) is 1.33. The summed E-state index contributed by atoms with van der Waals surface area (Å²) >= 11 is 0. The number of hydrogen-bond acceptors (Lipinski definition) is 3. The van der Waals surface area contributed by atoms with Gasteiger partial charge in [0, 0.05) is 12.1 Å². The number of hydrogen-bond donors (Lipinski definition) is 2. The molecular formula is C8H21NO4S. The molecule has 0 rings (SSSR count). The minimum atomic E-state index is -4.67. The molecule has 14 heavy (non-hydrogen) atoms. The molecule has 88 valence electrons. The number of rotatable bonds is 3. The molecule has 5 nitrogen and oxygen atoms in total. The highest BCUT2D eigenvalue weighted by Crippen LogP contribution is 2.02. The monoisotopic (exact) mass is 227 g/mol. The molecule has 6 heteroatoms. The maximum absolute atomic E-state index is 8.74. The highest BCUT2D eigenvalue weighted by molar-refractivity contribution is 7.79. The van der Waals surface area contributed by atoms with Crippen LogP contribution in [0.5, 0.6) is 0 Å². The van der Waals surface area contributed by atoms with Crippen molar-refractivity contribution in [3.8, 4) is 0 Å². The molecule has 0 atom stereocenters. The summed E-state index contributed by atoms with van der Waals surface area (Å²) in [4.78, 5) is 2.46. The first kappa shape index (κ1) is 16.3. The Labute approximate surface area is 86.7 Å². The van der Waals surface area contributed by atoms with Crippen molar-refractivity contribution >= 4 is 10.4 Å². The molecule has 0 heterocycles. The van der Waals surface area contributed by atoms with Gasteiger partial charge in [0.1, 0.15) is 0 Å². The number of nitrogens with zero attached hydrogens (tertiary/aromatic N) is 1. The van der Waals surface area contributed by atoms with Gasteiger partial charge < -0.3 is 0 Å². The lowest BCUT2D eigenvalue weighted by Crippen LogP contribution is -2.36. The Kier molecular flexibility index (Phi) is 8.33. The molecule has 0 aromatic heterocycles. The highest BCUT2D eigenvalue weighted by Gasteiger charge is 2.08. The molecule has 0 saturated heterocycles. The van der Waals surface area contributed by atoms with E-state index < -0.39 is 10.4 Å². The Bertz CT molecular complexity index is 207. The molecular weight excluding hydrogens is 206 g/mol. The summed E-state index contributed by atoms with van der Waals surface area (Å²) < 4.78 is 31.6. The van der Waals surface area contributed by atoms with Crippen LogP contribution in [-0.2, 0) is 10.4 Å². The molecule has 0 radical (unpaired) electrons. The van der Waals surface area contributed by atoms with Gasteiger partial charge in [-0.15, -0.1) is 0 Å². The van der Waals surface area contributed by atoms with E-state index in [-0.39, 0.29) is 0 Å². The lowest BCUT2D eigenvalue weighted by molar-refractivity contribution is 0.185. The lowest BCUT2D eigenvalue weighted by Gasteiger charge is -2.28. The van der Waals surface area contributed by atoms with Crippen LogP contribution in [0.15, 0.2) is 0 Å². The Morgan fingerprint density at radius 3 is 1.29 bits per heavy atom. The van der Waals surface area contributed by atoms with Gasteiger partial charge in [0.15, 0.2) is 0 Å². The molecule has 0 aromatic rings. The predicted octanol–water partition coefficient (Wildman–Crippen LogP) is 1.47. The molecule has 0 unspecified atom stereocenters. The molecule has 0 aliphatic heterocycles. The normalized spacial score (nSPS) is 11.9. The molecule has 0 aromatic carbocycles. The minimum absolute atomic E-state index is 0.690.